The number of hydrogen-bond donors (Lipinski definition) is 1. The van der Waals surface area contributed by atoms with Gasteiger partial charge in [0.05, 0.1) is 4.92 Å². The highest BCUT2D eigenvalue weighted by Crippen LogP contribution is 2.11. The minimum atomic E-state index is -0.447. The largest absolute Gasteiger partial charge is 0.269 e. The number of nitrogens with one attached hydrogen (secondary N) is 1. The Morgan fingerprint density at radius 1 is 1.38 bits per heavy atom. The van der Waals surface area contributed by atoms with Crippen molar-refractivity contribution in [2.45, 2.75) is 0 Å². The first kappa shape index (κ1) is 9.97. The smallest absolute Gasteiger partial charge is 0.258 e. The summed E-state index contributed by atoms with van der Waals surface area (Å²) in [5, 5.41) is 16.6. The van der Waals surface area contributed by atoms with E-state index in [2.05, 4.69) is 20.2 Å². The molecule has 80 valence electrons. The topological polar surface area (TPSA) is 97.1 Å². The number of non-ortho nitro benzene ring substituents is 1. The summed E-state index contributed by atoms with van der Waals surface area (Å²) in [6, 6.07) is 6.06. The zero-order valence-corrected chi connectivity index (χ0v) is 8.07. The zero-order chi connectivity index (χ0) is 11.4. The summed E-state index contributed by atoms with van der Waals surface area (Å²) >= 11 is 0. The van der Waals surface area contributed by atoms with E-state index in [1.807, 2.05) is 0 Å². The third-order valence-corrected chi connectivity index (χ3v) is 1.84. The van der Waals surface area contributed by atoms with Crippen LogP contribution in [0.4, 0.5) is 11.6 Å². The average molecular weight is 217 g/mol. The molecular weight excluding hydrogens is 210 g/mol. The second kappa shape index (κ2) is 4.30. The monoisotopic (exact) mass is 217 g/mol. The van der Waals surface area contributed by atoms with E-state index in [1.165, 1.54) is 18.5 Å². The average Bonchev–Trinajstić information content (AvgIpc) is 2.80. The van der Waals surface area contributed by atoms with Gasteiger partial charge in [0, 0.05) is 18.3 Å². The number of nitro groups is 1. The van der Waals surface area contributed by atoms with Crippen molar-refractivity contribution in [3.8, 4) is 0 Å². The first-order valence-corrected chi connectivity index (χ1v) is 4.39. The van der Waals surface area contributed by atoms with Crippen molar-refractivity contribution in [1.82, 2.24) is 15.2 Å². The molecular formula is C9H7N5O2. The SMILES string of the molecule is O=[N+]([O-])c1ccc(/C=N/c2ncn[nH]2)cc1. The molecule has 0 saturated heterocycles. The third kappa shape index (κ3) is 2.27. The third-order valence-electron chi connectivity index (χ3n) is 1.84. The summed E-state index contributed by atoms with van der Waals surface area (Å²) in [6.45, 7) is 0. The Balaban J connectivity index is 2.14. The van der Waals surface area contributed by atoms with Crippen molar-refractivity contribution in [2.24, 2.45) is 4.99 Å². The molecule has 2 rings (SSSR count). The molecule has 16 heavy (non-hydrogen) atoms. The van der Waals surface area contributed by atoms with Gasteiger partial charge in [-0.3, -0.25) is 10.1 Å². The Bertz CT molecular complexity index is 503. The van der Waals surface area contributed by atoms with E-state index < -0.39 is 4.92 Å². The van der Waals surface area contributed by atoms with Gasteiger partial charge in [-0.05, 0) is 17.7 Å². The van der Waals surface area contributed by atoms with Crippen LogP contribution in [0, 0.1) is 10.1 Å². The van der Waals surface area contributed by atoms with Gasteiger partial charge in [0.15, 0.2) is 0 Å². The van der Waals surface area contributed by atoms with Crippen molar-refractivity contribution >= 4 is 17.9 Å². The van der Waals surface area contributed by atoms with Crippen LogP contribution >= 0.6 is 0 Å². The number of nitrogens with zero attached hydrogens (tertiary/aromatic N) is 4. The van der Waals surface area contributed by atoms with E-state index in [4.69, 9.17) is 0 Å². The standard InChI is InChI=1S/C9H7N5O2/c15-14(16)8-3-1-7(2-4-8)5-10-9-11-6-12-13-9/h1-6H,(H,11,12,13)/b10-5+. The molecule has 1 N–H and O–H groups in total. The number of benzene rings is 1. The number of hydrogen-bond acceptors (Lipinski definition) is 5. The van der Waals surface area contributed by atoms with Crippen LogP contribution in [0.1, 0.15) is 5.56 Å². The number of H-pyrrole nitrogens is 1. The van der Waals surface area contributed by atoms with E-state index in [0.717, 1.165) is 5.56 Å². The number of aromatic nitrogens is 3. The fourth-order valence-corrected chi connectivity index (χ4v) is 1.08. The van der Waals surface area contributed by atoms with Crippen molar-refractivity contribution in [3.63, 3.8) is 0 Å². The van der Waals surface area contributed by atoms with Crippen molar-refractivity contribution in [1.29, 1.82) is 0 Å². The number of nitro benzene ring substituents is 1. The fraction of sp³-hybridized carbons (Fsp3) is 0. The van der Waals surface area contributed by atoms with Gasteiger partial charge in [0.1, 0.15) is 6.33 Å². The Labute approximate surface area is 90.0 Å². The molecule has 7 heteroatoms. The van der Waals surface area contributed by atoms with Crippen LogP contribution in [-0.2, 0) is 0 Å². The molecule has 0 unspecified atom stereocenters. The summed E-state index contributed by atoms with van der Waals surface area (Å²) in [5.74, 6) is 0.387. The minimum Gasteiger partial charge on any atom is -0.258 e. The maximum Gasteiger partial charge on any atom is 0.269 e. The molecule has 0 atom stereocenters. The predicted octanol–water partition coefficient (Wildman–Crippen LogP) is 1.46. The summed E-state index contributed by atoms with van der Waals surface area (Å²) < 4.78 is 0. The molecule has 1 aromatic heterocycles. The number of rotatable bonds is 3. The van der Waals surface area contributed by atoms with Gasteiger partial charge in [-0.1, -0.05) is 0 Å². The summed E-state index contributed by atoms with van der Waals surface area (Å²) in [6.07, 6.45) is 2.90. The van der Waals surface area contributed by atoms with Crippen molar-refractivity contribution < 1.29 is 4.92 Å². The van der Waals surface area contributed by atoms with Crippen LogP contribution in [0.3, 0.4) is 0 Å². The molecule has 0 aliphatic carbocycles. The van der Waals surface area contributed by atoms with Crippen molar-refractivity contribution in [3.05, 3.63) is 46.3 Å². The molecule has 1 aromatic carbocycles. The number of aromatic amines is 1. The molecule has 0 amide bonds. The zero-order valence-electron chi connectivity index (χ0n) is 8.07. The predicted molar refractivity (Wildman–Crippen MR) is 56.7 cm³/mol. The van der Waals surface area contributed by atoms with E-state index in [9.17, 15) is 10.1 Å². The molecule has 2 aromatic rings. The van der Waals surface area contributed by atoms with E-state index in [-0.39, 0.29) is 5.69 Å². The lowest BCUT2D eigenvalue weighted by Crippen LogP contribution is -1.88. The van der Waals surface area contributed by atoms with Gasteiger partial charge < -0.3 is 0 Å². The first-order valence-electron chi connectivity index (χ1n) is 4.39. The van der Waals surface area contributed by atoms with Gasteiger partial charge in [-0.25, -0.2) is 10.1 Å². The lowest BCUT2D eigenvalue weighted by Gasteiger charge is -1.92. The highest BCUT2D eigenvalue weighted by Gasteiger charge is 2.02. The lowest BCUT2D eigenvalue weighted by atomic mass is 10.2. The Kier molecular flexibility index (Phi) is 2.68. The Morgan fingerprint density at radius 3 is 2.69 bits per heavy atom. The molecule has 0 aliphatic heterocycles. The minimum absolute atomic E-state index is 0.0526. The lowest BCUT2D eigenvalue weighted by molar-refractivity contribution is -0.384. The quantitative estimate of drug-likeness (QED) is 0.478. The van der Waals surface area contributed by atoms with Gasteiger partial charge in [0.2, 0.25) is 5.95 Å². The van der Waals surface area contributed by atoms with E-state index in [1.54, 1.807) is 18.3 Å². The Morgan fingerprint density at radius 2 is 2.12 bits per heavy atom. The molecule has 0 spiro atoms. The highest BCUT2D eigenvalue weighted by molar-refractivity contribution is 5.81. The normalized spacial score (nSPS) is 10.8. The Hall–Kier alpha value is -2.57. The van der Waals surface area contributed by atoms with Gasteiger partial charge >= 0.3 is 0 Å². The molecule has 7 nitrogen and oxygen atoms in total. The van der Waals surface area contributed by atoms with Crippen molar-refractivity contribution in [2.75, 3.05) is 0 Å². The van der Waals surface area contributed by atoms with Crippen LogP contribution in [0.5, 0.6) is 0 Å². The first-order chi connectivity index (χ1) is 7.75. The second-order valence-corrected chi connectivity index (χ2v) is 2.92. The van der Waals surface area contributed by atoms with Crippen LogP contribution in [0.2, 0.25) is 0 Å². The van der Waals surface area contributed by atoms with E-state index >= 15 is 0 Å². The summed E-state index contributed by atoms with van der Waals surface area (Å²) in [5.41, 5.74) is 0.804. The molecule has 0 saturated carbocycles. The second-order valence-electron chi connectivity index (χ2n) is 2.92. The van der Waals surface area contributed by atoms with Crippen LogP contribution in [0.25, 0.3) is 0 Å². The van der Waals surface area contributed by atoms with Gasteiger partial charge in [-0.15, -0.1) is 0 Å². The maximum atomic E-state index is 10.4. The summed E-state index contributed by atoms with van der Waals surface area (Å²) in [4.78, 5) is 17.7. The summed E-state index contributed by atoms with van der Waals surface area (Å²) in [7, 11) is 0. The molecule has 0 fully saturated rings. The maximum absolute atomic E-state index is 10.4. The molecule has 0 bridgehead atoms. The highest BCUT2D eigenvalue weighted by atomic mass is 16.6. The molecule has 0 aliphatic rings. The number of aliphatic imine (C=N–C) groups is 1. The van der Waals surface area contributed by atoms with E-state index in [0.29, 0.717) is 5.95 Å². The van der Waals surface area contributed by atoms with Crippen LogP contribution in [0.15, 0.2) is 35.6 Å². The van der Waals surface area contributed by atoms with Crippen LogP contribution < -0.4 is 0 Å². The van der Waals surface area contributed by atoms with Crippen LogP contribution in [-0.4, -0.2) is 26.3 Å². The van der Waals surface area contributed by atoms with Gasteiger partial charge in [0.25, 0.3) is 5.69 Å². The fourth-order valence-electron chi connectivity index (χ4n) is 1.08. The van der Waals surface area contributed by atoms with Gasteiger partial charge in [-0.2, -0.15) is 10.1 Å². The molecule has 0 radical (unpaired) electrons. The molecule has 1 heterocycles.